The number of nitrogens with one attached hydrogen (secondary N) is 2. The molecular weight excluding hydrogens is 863 g/mol. The van der Waals surface area contributed by atoms with Gasteiger partial charge in [0.25, 0.3) is 11.8 Å². The molecule has 0 bridgehead atoms. The molecule has 0 radical (unpaired) electrons. The van der Waals surface area contributed by atoms with Gasteiger partial charge < -0.3 is 44.3 Å². The Hall–Kier alpha value is -6.45. The van der Waals surface area contributed by atoms with E-state index in [4.69, 9.17) is 30.1 Å². The molecule has 0 saturated carbocycles. The van der Waals surface area contributed by atoms with Crippen LogP contribution in [-0.4, -0.2) is 75.5 Å². The fourth-order valence-corrected chi connectivity index (χ4v) is 9.23. The number of carbonyl (C=O) groups excluding carboxylic acids is 4. The quantitative estimate of drug-likeness (QED) is 0.0942. The number of ether oxygens (including phenoxy) is 4. The molecule has 3 aliphatic rings. The maximum Gasteiger partial charge on any atom is 0.260 e. The minimum absolute atomic E-state index is 0.0292. The third-order valence-electron chi connectivity index (χ3n) is 12.5. The molecule has 3 heterocycles. The number of hydrogen-bond acceptors (Lipinski definition) is 10. The van der Waals surface area contributed by atoms with Crippen molar-refractivity contribution in [2.45, 2.75) is 63.5 Å². The molecule has 0 spiro atoms. The van der Waals surface area contributed by atoms with Gasteiger partial charge in [0.05, 0.1) is 42.8 Å². The summed E-state index contributed by atoms with van der Waals surface area (Å²) in [6, 6.07) is 28.1. The number of carbonyl (C=O) groups is 4. The van der Waals surface area contributed by atoms with Crippen LogP contribution in [0.4, 0.5) is 28.4 Å². The molecule has 3 aliphatic heterocycles. The number of rotatable bonds is 16. The molecule has 0 fully saturated rings. The average Bonchev–Trinajstić information content (AvgIpc) is 3.89. The lowest BCUT2D eigenvalue weighted by Crippen LogP contribution is -2.39. The van der Waals surface area contributed by atoms with Gasteiger partial charge in [-0.25, -0.2) is 0 Å². The SMILES string of the molecule is COc1cc(C(=O)N2CCc3ccccc32)c(NC=O)cc1OCc1cc(COc2cc3c(cc2OC)C(=O)N2c4ccccc4C[C@H]2CN3)cc(N(C)C(=O)CCC(C)(C)S(C)=S)c1. The smallest absolute Gasteiger partial charge is 0.260 e. The Balaban J connectivity index is 1.07. The summed E-state index contributed by atoms with van der Waals surface area (Å²) in [5.74, 6) is 0.987. The van der Waals surface area contributed by atoms with Crippen LogP contribution in [0.1, 0.15) is 69.7 Å². The number of nitrogens with zero attached hydrogens (tertiary/aromatic N) is 3. The molecule has 2 N–H and O–H groups in total. The Bertz CT molecular complexity index is 2710. The minimum Gasteiger partial charge on any atom is -0.493 e. The fourth-order valence-electron chi connectivity index (χ4n) is 8.59. The van der Waals surface area contributed by atoms with Crippen molar-refractivity contribution in [1.82, 2.24) is 0 Å². The molecule has 1 unspecified atom stereocenters. The highest BCUT2D eigenvalue weighted by atomic mass is 32.8. The molecule has 4 amide bonds. The monoisotopic (exact) mass is 915 g/mol. The third-order valence-corrected chi connectivity index (χ3v) is 15.7. The Labute approximate surface area is 386 Å². The van der Waals surface area contributed by atoms with Gasteiger partial charge in [0, 0.05) is 60.5 Å². The first-order valence-electron chi connectivity index (χ1n) is 21.5. The lowest BCUT2D eigenvalue weighted by Gasteiger charge is -2.26. The zero-order valence-corrected chi connectivity index (χ0v) is 39.0. The summed E-state index contributed by atoms with van der Waals surface area (Å²) in [5, 5.41) is 6.17. The second kappa shape index (κ2) is 18.9. The molecule has 8 rings (SSSR count). The zero-order valence-electron chi connectivity index (χ0n) is 37.4. The number of amides is 4. The predicted octanol–water partition coefficient (Wildman–Crippen LogP) is 7.86. The summed E-state index contributed by atoms with van der Waals surface area (Å²) in [6.45, 7) is 5.37. The molecule has 2 atom stereocenters. The number of benzene rings is 5. The highest BCUT2D eigenvalue weighted by Gasteiger charge is 2.38. The predicted molar refractivity (Wildman–Crippen MR) is 259 cm³/mol. The van der Waals surface area contributed by atoms with E-state index in [-0.39, 0.29) is 62.4 Å². The van der Waals surface area contributed by atoms with Gasteiger partial charge in [-0.15, -0.1) is 9.45 Å². The maximum absolute atomic E-state index is 14.1. The van der Waals surface area contributed by atoms with E-state index >= 15 is 0 Å². The van der Waals surface area contributed by atoms with Crippen LogP contribution in [0, 0.1) is 0 Å². The fraction of sp³-hybridized carbons (Fsp3) is 0.320. The minimum atomic E-state index is -0.298. The van der Waals surface area contributed by atoms with E-state index < -0.39 is 0 Å². The molecule has 0 saturated heterocycles. The molecular formula is C50H53N5O8S2. The molecule has 5 aromatic rings. The van der Waals surface area contributed by atoms with Crippen LogP contribution in [0.15, 0.2) is 91.0 Å². The molecule has 5 aromatic carbocycles. The van der Waals surface area contributed by atoms with Crippen molar-refractivity contribution in [2.75, 3.05) is 65.9 Å². The zero-order chi connectivity index (χ0) is 46.0. The van der Waals surface area contributed by atoms with Crippen LogP contribution in [0.2, 0.25) is 0 Å². The molecule has 0 aliphatic carbocycles. The maximum atomic E-state index is 14.1. The standard InChI is InChI=1S/C50H53N5O8S2/c1-50(2,65(6)64)17-15-47(57)53(3)35-20-31(28-62-45-25-39-38(24-44(45)61-5)49(59)55-36(27-51-39)22-34-12-8-10-14-42(34)55)19-32(21-35)29-63-46-26-40(52-30-56)37(23-43(46)60-4)48(58)54-18-16-33-11-7-9-13-41(33)54/h7-14,19-21,23-26,30,36,51H,15-18,22,27-29H2,1-6H3,(H,52,56)/t36-,65?/m0/s1. The summed E-state index contributed by atoms with van der Waals surface area (Å²) in [6.07, 6.45) is 4.97. The third kappa shape index (κ3) is 9.25. The van der Waals surface area contributed by atoms with Crippen LogP contribution >= 0.6 is 0 Å². The van der Waals surface area contributed by atoms with Gasteiger partial charge in [-0.05, 0) is 90.2 Å². The van der Waals surface area contributed by atoms with Gasteiger partial charge in [-0.2, -0.15) is 0 Å². The van der Waals surface area contributed by atoms with Crippen molar-refractivity contribution in [3.8, 4) is 23.0 Å². The van der Waals surface area contributed by atoms with Crippen molar-refractivity contribution < 1.29 is 38.1 Å². The number of para-hydroxylation sites is 2. The van der Waals surface area contributed by atoms with Crippen molar-refractivity contribution >= 4 is 73.2 Å². The Morgan fingerprint density at radius 2 is 1.54 bits per heavy atom. The molecule has 15 heteroatoms. The van der Waals surface area contributed by atoms with E-state index in [0.29, 0.717) is 77.8 Å². The average molecular weight is 916 g/mol. The van der Waals surface area contributed by atoms with Crippen LogP contribution < -0.4 is 44.3 Å². The molecule has 65 heavy (non-hydrogen) atoms. The first-order chi connectivity index (χ1) is 31.3. The summed E-state index contributed by atoms with van der Waals surface area (Å²) in [7, 11) is 4.48. The Morgan fingerprint density at radius 3 is 2.22 bits per heavy atom. The Kier molecular flexibility index (Phi) is 13.2. The van der Waals surface area contributed by atoms with Gasteiger partial charge in [0.2, 0.25) is 12.3 Å². The lowest BCUT2D eigenvalue weighted by atomic mass is 10.1. The lowest BCUT2D eigenvalue weighted by molar-refractivity contribution is -0.118. The second-order valence-electron chi connectivity index (χ2n) is 17.0. The summed E-state index contributed by atoms with van der Waals surface area (Å²) >= 11 is 5.59. The molecule has 0 aromatic heterocycles. The van der Waals surface area contributed by atoms with Gasteiger partial charge in [0.15, 0.2) is 23.0 Å². The van der Waals surface area contributed by atoms with Crippen LogP contribution in [0.25, 0.3) is 0 Å². The topological polar surface area (TPSA) is 139 Å². The number of fused-ring (bicyclic) bond motifs is 5. The Morgan fingerprint density at radius 1 is 0.892 bits per heavy atom. The molecule has 338 valence electrons. The van der Waals surface area contributed by atoms with Crippen LogP contribution in [0.5, 0.6) is 23.0 Å². The highest BCUT2D eigenvalue weighted by molar-refractivity contribution is 8.29. The van der Waals surface area contributed by atoms with Crippen molar-refractivity contribution in [2.24, 2.45) is 0 Å². The van der Waals surface area contributed by atoms with E-state index in [1.807, 2.05) is 71.8 Å². The largest absolute Gasteiger partial charge is 0.493 e. The summed E-state index contributed by atoms with van der Waals surface area (Å²) in [4.78, 5) is 58.8. The number of methoxy groups -OCH3 is 2. The van der Waals surface area contributed by atoms with Crippen molar-refractivity contribution in [3.05, 3.63) is 124 Å². The van der Waals surface area contributed by atoms with Gasteiger partial charge in [-0.3, -0.25) is 19.2 Å². The summed E-state index contributed by atoms with van der Waals surface area (Å²) < 4.78 is 24.2. The van der Waals surface area contributed by atoms with Crippen molar-refractivity contribution in [3.63, 3.8) is 0 Å². The highest BCUT2D eigenvalue weighted by Crippen LogP contribution is 2.41. The van der Waals surface area contributed by atoms with Crippen LogP contribution in [0.3, 0.4) is 0 Å². The number of hydrogen-bond donors (Lipinski definition) is 2. The summed E-state index contributed by atoms with van der Waals surface area (Å²) in [5.41, 5.74) is 7.72. The van der Waals surface area contributed by atoms with Gasteiger partial charge in [-0.1, -0.05) is 61.4 Å². The van der Waals surface area contributed by atoms with E-state index in [2.05, 4.69) is 30.5 Å². The van der Waals surface area contributed by atoms with Crippen molar-refractivity contribution in [1.29, 1.82) is 0 Å². The van der Waals surface area contributed by atoms with E-state index in [9.17, 15) is 19.2 Å². The van der Waals surface area contributed by atoms with Gasteiger partial charge >= 0.3 is 0 Å². The van der Waals surface area contributed by atoms with Gasteiger partial charge in [0.1, 0.15) is 13.2 Å². The second-order valence-corrected chi connectivity index (χ2v) is 20.5. The van der Waals surface area contributed by atoms with E-state index in [1.165, 1.54) is 7.11 Å². The molecule has 13 nitrogen and oxygen atoms in total. The van der Waals surface area contributed by atoms with E-state index in [0.717, 1.165) is 40.9 Å². The number of anilines is 5. The normalized spacial score (nSPS) is 15.4. The van der Waals surface area contributed by atoms with E-state index in [1.54, 1.807) is 48.2 Å². The first kappa shape index (κ1) is 45.1. The first-order valence-corrected chi connectivity index (χ1v) is 24.0. The van der Waals surface area contributed by atoms with Crippen LogP contribution in [-0.2, 0) is 56.3 Å².